The van der Waals surface area contributed by atoms with E-state index >= 15 is 0 Å². The van der Waals surface area contributed by atoms with Gasteiger partial charge in [-0.2, -0.15) is 5.26 Å². The van der Waals surface area contributed by atoms with E-state index in [1.807, 2.05) is 18.4 Å². The standard InChI is InChI=1S/C9H10BrN3O/c1-6-7(3-11)12-8(10)13(6)4-9(2)5-14-9/h4-5H2,1-2H3/t9-/m0/s1. The molecule has 0 aromatic carbocycles. The second-order valence-electron chi connectivity index (χ2n) is 3.75. The first-order chi connectivity index (χ1) is 6.56. The second-order valence-corrected chi connectivity index (χ2v) is 4.46. The van der Waals surface area contributed by atoms with E-state index in [2.05, 4.69) is 27.0 Å². The molecule has 2 heterocycles. The molecule has 14 heavy (non-hydrogen) atoms. The molecule has 4 nitrogen and oxygen atoms in total. The quantitative estimate of drug-likeness (QED) is 0.755. The zero-order valence-corrected chi connectivity index (χ0v) is 9.63. The van der Waals surface area contributed by atoms with E-state index in [1.165, 1.54) is 0 Å². The molecule has 1 aromatic heterocycles. The summed E-state index contributed by atoms with van der Waals surface area (Å²) in [5.41, 5.74) is 1.29. The maximum atomic E-state index is 8.79. The molecule has 0 N–H and O–H groups in total. The molecule has 0 radical (unpaired) electrons. The van der Waals surface area contributed by atoms with Crippen LogP contribution in [0.4, 0.5) is 0 Å². The van der Waals surface area contributed by atoms with Crippen LogP contribution in [0.2, 0.25) is 0 Å². The van der Waals surface area contributed by atoms with Crippen molar-refractivity contribution in [2.75, 3.05) is 6.61 Å². The van der Waals surface area contributed by atoms with Crippen LogP contribution in [0, 0.1) is 18.3 Å². The van der Waals surface area contributed by atoms with Gasteiger partial charge in [0.15, 0.2) is 10.4 Å². The van der Waals surface area contributed by atoms with E-state index in [9.17, 15) is 0 Å². The summed E-state index contributed by atoms with van der Waals surface area (Å²) in [6.45, 7) is 5.46. The van der Waals surface area contributed by atoms with Gasteiger partial charge in [0.25, 0.3) is 0 Å². The van der Waals surface area contributed by atoms with Gasteiger partial charge in [-0.3, -0.25) is 0 Å². The normalized spacial score (nSPS) is 24.7. The number of halogens is 1. The third kappa shape index (κ3) is 1.56. The van der Waals surface area contributed by atoms with Crippen molar-refractivity contribution in [1.82, 2.24) is 9.55 Å². The van der Waals surface area contributed by atoms with E-state index in [1.54, 1.807) is 0 Å². The Kier molecular flexibility index (Phi) is 2.13. The summed E-state index contributed by atoms with van der Waals surface area (Å²) < 4.78 is 7.96. The average molecular weight is 256 g/mol. The lowest BCUT2D eigenvalue weighted by atomic mass is 10.2. The second kappa shape index (κ2) is 3.07. The summed E-state index contributed by atoms with van der Waals surface area (Å²) in [7, 11) is 0. The molecule has 0 saturated carbocycles. The molecule has 1 fully saturated rings. The zero-order chi connectivity index (χ0) is 10.3. The fourth-order valence-corrected chi connectivity index (χ4v) is 1.91. The molecule has 0 aliphatic carbocycles. The molecule has 1 saturated heterocycles. The highest BCUT2D eigenvalue weighted by Crippen LogP contribution is 2.30. The van der Waals surface area contributed by atoms with Crippen molar-refractivity contribution < 1.29 is 4.74 Å². The van der Waals surface area contributed by atoms with Gasteiger partial charge < -0.3 is 9.30 Å². The van der Waals surface area contributed by atoms with E-state index < -0.39 is 0 Å². The third-order valence-corrected chi connectivity index (χ3v) is 3.02. The zero-order valence-electron chi connectivity index (χ0n) is 8.04. The number of aromatic nitrogens is 2. The highest BCUT2D eigenvalue weighted by Gasteiger charge is 2.40. The first kappa shape index (κ1) is 9.69. The molecular weight excluding hydrogens is 246 g/mol. The van der Waals surface area contributed by atoms with Crippen LogP contribution < -0.4 is 0 Å². The van der Waals surface area contributed by atoms with Gasteiger partial charge in [0.2, 0.25) is 0 Å². The molecule has 1 aliphatic rings. The van der Waals surface area contributed by atoms with Crippen molar-refractivity contribution in [2.45, 2.75) is 26.0 Å². The van der Waals surface area contributed by atoms with Crippen molar-refractivity contribution in [3.63, 3.8) is 0 Å². The van der Waals surface area contributed by atoms with Gasteiger partial charge in [0.05, 0.1) is 18.8 Å². The van der Waals surface area contributed by atoms with Gasteiger partial charge in [-0.1, -0.05) is 0 Å². The van der Waals surface area contributed by atoms with Crippen molar-refractivity contribution in [3.8, 4) is 6.07 Å². The third-order valence-electron chi connectivity index (χ3n) is 2.41. The SMILES string of the molecule is Cc1c(C#N)nc(Br)n1C[C@@]1(C)CO1. The molecule has 1 aliphatic heterocycles. The fraction of sp³-hybridized carbons (Fsp3) is 0.556. The van der Waals surface area contributed by atoms with Gasteiger partial charge in [0, 0.05) is 0 Å². The molecule has 0 spiro atoms. The summed E-state index contributed by atoms with van der Waals surface area (Å²) in [6.07, 6.45) is 0. The van der Waals surface area contributed by atoms with E-state index in [0.29, 0.717) is 10.4 Å². The lowest BCUT2D eigenvalue weighted by Crippen LogP contribution is -2.16. The fourth-order valence-electron chi connectivity index (χ4n) is 1.34. The molecule has 0 unspecified atom stereocenters. The Morgan fingerprint density at radius 1 is 1.79 bits per heavy atom. The Bertz CT molecular complexity index is 414. The minimum Gasteiger partial charge on any atom is -0.368 e. The smallest absolute Gasteiger partial charge is 0.178 e. The topological polar surface area (TPSA) is 54.1 Å². The summed E-state index contributed by atoms with van der Waals surface area (Å²) >= 11 is 3.33. The van der Waals surface area contributed by atoms with Crippen LogP contribution in [-0.4, -0.2) is 21.8 Å². The molecule has 2 rings (SSSR count). The number of hydrogen-bond donors (Lipinski definition) is 0. The molecular formula is C9H10BrN3O. The van der Waals surface area contributed by atoms with Crippen LogP contribution in [0.5, 0.6) is 0 Å². The minimum atomic E-state index is -0.0687. The Morgan fingerprint density at radius 3 is 2.86 bits per heavy atom. The average Bonchev–Trinajstić information content (AvgIpc) is 2.82. The number of rotatable bonds is 2. The molecule has 74 valence electrons. The summed E-state index contributed by atoms with van der Waals surface area (Å²) in [4.78, 5) is 4.10. The first-order valence-electron chi connectivity index (χ1n) is 4.32. The molecule has 5 heteroatoms. The highest BCUT2D eigenvalue weighted by atomic mass is 79.9. The lowest BCUT2D eigenvalue weighted by Gasteiger charge is -2.09. The van der Waals surface area contributed by atoms with Gasteiger partial charge in [-0.15, -0.1) is 0 Å². The summed E-state index contributed by atoms with van der Waals surface area (Å²) in [5, 5.41) is 8.79. The Labute approximate surface area is 90.6 Å². The lowest BCUT2D eigenvalue weighted by molar-refractivity contribution is 0.291. The van der Waals surface area contributed by atoms with Crippen LogP contribution >= 0.6 is 15.9 Å². The molecule has 0 amide bonds. The van der Waals surface area contributed by atoms with Crippen molar-refractivity contribution in [3.05, 3.63) is 16.1 Å². The Morgan fingerprint density at radius 2 is 2.43 bits per heavy atom. The largest absolute Gasteiger partial charge is 0.368 e. The first-order valence-corrected chi connectivity index (χ1v) is 5.12. The van der Waals surface area contributed by atoms with Gasteiger partial charge >= 0.3 is 0 Å². The van der Waals surface area contributed by atoms with E-state index in [4.69, 9.17) is 10.00 Å². The number of nitriles is 1. The van der Waals surface area contributed by atoms with E-state index in [-0.39, 0.29) is 5.60 Å². The maximum absolute atomic E-state index is 8.79. The van der Waals surface area contributed by atoms with Crippen molar-refractivity contribution in [2.24, 2.45) is 0 Å². The van der Waals surface area contributed by atoms with Gasteiger partial charge in [0.1, 0.15) is 11.7 Å². The highest BCUT2D eigenvalue weighted by molar-refractivity contribution is 9.10. The Hall–Kier alpha value is -0.860. The summed E-state index contributed by atoms with van der Waals surface area (Å²) in [6, 6.07) is 2.06. The minimum absolute atomic E-state index is 0.0687. The Balaban J connectivity index is 2.33. The number of hydrogen-bond acceptors (Lipinski definition) is 3. The molecule has 1 aromatic rings. The number of nitrogens with zero attached hydrogens (tertiary/aromatic N) is 3. The molecule has 0 bridgehead atoms. The van der Waals surface area contributed by atoms with Gasteiger partial charge in [-0.25, -0.2) is 4.98 Å². The van der Waals surface area contributed by atoms with Crippen LogP contribution in [0.3, 0.4) is 0 Å². The molecule has 1 atom stereocenters. The van der Waals surface area contributed by atoms with Crippen LogP contribution in [0.25, 0.3) is 0 Å². The maximum Gasteiger partial charge on any atom is 0.178 e. The predicted molar refractivity (Wildman–Crippen MR) is 53.7 cm³/mol. The van der Waals surface area contributed by atoms with Crippen molar-refractivity contribution in [1.29, 1.82) is 5.26 Å². The summed E-state index contributed by atoms with van der Waals surface area (Å²) in [5.74, 6) is 0. The monoisotopic (exact) mass is 255 g/mol. The van der Waals surface area contributed by atoms with Crippen LogP contribution in [0.1, 0.15) is 18.3 Å². The predicted octanol–water partition coefficient (Wildman–Crippen LogP) is 1.61. The number of epoxide rings is 1. The van der Waals surface area contributed by atoms with Crippen molar-refractivity contribution >= 4 is 15.9 Å². The van der Waals surface area contributed by atoms with Gasteiger partial charge in [-0.05, 0) is 29.8 Å². The number of imidazole rings is 1. The van der Waals surface area contributed by atoms with Crippen LogP contribution in [0.15, 0.2) is 4.73 Å². The van der Waals surface area contributed by atoms with Crippen LogP contribution in [-0.2, 0) is 11.3 Å². The number of ether oxygens (including phenoxy) is 1. The van der Waals surface area contributed by atoms with E-state index in [0.717, 1.165) is 18.8 Å².